The predicted molar refractivity (Wildman–Crippen MR) is 120 cm³/mol. The van der Waals surface area contributed by atoms with Gasteiger partial charge in [-0.25, -0.2) is 4.79 Å². The van der Waals surface area contributed by atoms with Crippen molar-refractivity contribution in [3.05, 3.63) is 59.2 Å². The fourth-order valence-electron chi connectivity index (χ4n) is 3.48. The van der Waals surface area contributed by atoms with E-state index in [2.05, 4.69) is 10.2 Å². The number of amidine groups is 1. The topological polar surface area (TPSA) is 146 Å². The number of carbonyl (C=O) groups is 3. The third kappa shape index (κ3) is 5.84. The first kappa shape index (κ1) is 22.8. The number of hydrogen-bond donors (Lipinski definition) is 4. The van der Waals surface area contributed by atoms with Crippen LogP contribution < -0.4 is 20.7 Å². The average molecular weight is 438 g/mol. The Bertz CT molecular complexity index is 1010. The highest BCUT2D eigenvalue weighted by Gasteiger charge is 2.17. The second kappa shape index (κ2) is 10.4. The summed E-state index contributed by atoms with van der Waals surface area (Å²) in [5, 5.41) is 19.2. The number of anilines is 1. The number of nitrogens with one attached hydrogen (secondary N) is 2. The molecule has 32 heavy (non-hydrogen) atoms. The zero-order valence-corrected chi connectivity index (χ0v) is 17.6. The lowest BCUT2D eigenvalue weighted by atomic mass is 10.0. The second-order valence-corrected chi connectivity index (χ2v) is 7.49. The van der Waals surface area contributed by atoms with E-state index in [1.807, 2.05) is 12.1 Å². The van der Waals surface area contributed by atoms with Crippen LogP contribution in [0.1, 0.15) is 34.3 Å². The van der Waals surface area contributed by atoms with Crippen LogP contribution in [0, 0.1) is 5.41 Å². The van der Waals surface area contributed by atoms with Crippen LogP contribution in [0.4, 0.5) is 5.69 Å². The molecule has 1 saturated heterocycles. The number of Topliss-reactive ketones (excluding diaryl/α,β-unsaturated/α-hetero) is 1. The van der Waals surface area contributed by atoms with Gasteiger partial charge in [-0.1, -0.05) is 12.1 Å². The first-order valence-corrected chi connectivity index (χ1v) is 10.3. The predicted octanol–water partition coefficient (Wildman–Crippen LogP) is 1.58. The van der Waals surface area contributed by atoms with Crippen LogP contribution in [0.25, 0.3) is 0 Å². The molecule has 2 aromatic carbocycles. The second-order valence-electron chi connectivity index (χ2n) is 7.49. The van der Waals surface area contributed by atoms with Crippen molar-refractivity contribution in [3.63, 3.8) is 0 Å². The lowest BCUT2D eigenvalue weighted by Crippen LogP contribution is -2.28. The molecule has 1 aliphatic heterocycles. The molecule has 0 aliphatic carbocycles. The van der Waals surface area contributed by atoms with Crippen LogP contribution in [0.2, 0.25) is 0 Å². The van der Waals surface area contributed by atoms with Crippen molar-refractivity contribution >= 4 is 29.2 Å². The summed E-state index contributed by atoms with van der Waals surface area (Å²) in [5.41, 5.74) is 7.90. The molecule has 5 N–H and O–H groups in total. The van der Waals surface area contributed by atoms with E-state index in [-0.39, 0.29) is 37.1 Å². The smallest absolute Gasteiger partial charge is 0.372 e. The van der Waals surface area contributed by atoms with Crippen LogP contribution in [0.3, 0.4) is 0 Å². The molecule has 1 fully saturated rings. The number of hydrogen-bond acceptors (Lipinski definition) is 6. The van der Waals surface area contributed by atoms with E-state index in [1.54, 1.807) is 12.1 Å². The Hall–Kier alpha value is -3.88. The maximum absolute atomic E-state index is 12.4. The highest BCUT2D eigenvalue weighted by atomic mass is 16.5. The molecule has 9 nitrogen and oxygen atoms in total. The molecule has 0 atom stereocenters. The molecule has 0 spiro atoms. The number of carboxylic acid groups (broad SMARTS) is 1. The zero-order valence-electron chi connectivity index (χ0n) is 17.6. The van der Waals surface area contributed by atoms with Gasteiger partial charge in [-0.15, -0.1) is 0 Å². The molecule has 168 valence electrons. The fourth-order valence-corrected chi connectivity index (χ4v) is 3.48. The fraction of sp³-hybridized carbons (Fsp3) is 0.304. The van der Waals surface area contributed by atoms with Gasteiger partial charge in [0.1, 0.15) is 18.2 Å². The molecule has 0 saturated carbocycles. The molecular formula is C23H26N4O5. The number of carboxylic acids is 1. The summed E-state index contributed by atoms with van der Waals surface area (Å²) in [5.74, 6) is -2.68. The van der Waals surface area contributed by atoms with Gasteiger partial charge in [0.05, 0.1) is 6.54 Å². The first-order chi connectivity index (χ1) is 15.3. The van der Waals surface area contributed by atoms with Gasteiger partial charge >= 0.3 is 5.97 Å². The molecule has 0 radical (unpaired) electrons. The van der Waals surface area contributed by atoms with Gasteiger partial charge in [0.2, 0.25) is 5.78 Å². The van der Waals surface area contributed by atoms with Crippen molar-refractivity contribution in [3.8, 4) is 5.75 Å². The molecule has 1 aliphatic rings. The summed E-state index contributed by atoms with van der Waals surface area (Å²) < 4.78 is 5.66. The van der Waals surface area contributed by atoms with E-state index in [9.17, 15) is 14.4 Å². The number of nitrogen functional groups attached to an aromatic ring is 1. The maximum Gasteiger partial charge on any atom is 0.372 e. The third-order valence-electron chi connectivity index (χ3n) is 5.21. The van der Waals surface area contributed by atoms with Crippen molar-refractivity contribution in [1.82, 2.24) is 5.32 Å². The Morgan fingerprint density at radius 1 is 1.06 bits per heavy atom. The van der Waals surface area contributed by atoms with Gasteiger partial charge in [-0.3, -0.25) is 15.0 Å². The largest absolute Gasteiger partial charge is 0.491 e. The highest BCUT2D eigenvalue weighted by molar-refractivity contribution is 6.33. The summed E-state index contributed by atoms with van der Waals surface area (Å²) in [4.78, 5) is 37.1. The normalized spacial score (nSPS) is 12.9. The highest BCUT2D eigenvalue weighted by Crippen LogP contribution is 2.22. The lowest BCUT2D eigenvalue weighted by Gasteiger charge is -2.17. The quantitative estimate of drug-likeness (QED) is 0.191. The summed E-state index contributed by atoms with van der Waals surface area (Å²) in [6.45, 7) is 2.36. The monoisotopic (exact) mass is 438 g/mol. The zero-order chi connectivity index (χ0) is 23.1. The van der Waals surface area contributed by atoms with E-state index < -0.39 is 11.8 Å². The van der Waals surface area contributed by atoms with Gasteiger partial charge in [-0.2, -0.15) is 0 Å². The Balaban J connectivity index is 1.56. The van der Waals surface area contributed by atoms with E-state index in [1.165, 1.54) is 31.0 Å². The molecular weight excluding hydrogens is 412 g/mol. The molecule has 3 rings (SSSR count). The Morgan fingerprint density at radius 3 is 2.34 bits per heavy atom. The number of ketones is 1. The Kier molecular flexibility index (Phi) is 7.43. The van der Waals surface area contributed by atoms with Crippen molar-refractivity contribution in [1.29, 1.82) is 5.41 Å². The molecule has 1 amide bonds. The van der Waals surface area contributed by atoms with E-state index >= 15 is 0 Å². The summed E-state index contributed by atoms with van der Waals surface area (Å²) >= 11 is 0. The number of benzene rings is 2. The van der Waals surface area contributed by atoms with Gasteiger partial charge in [0, 0.05) is 41.9 Å². The number of nitrogens with two attached hydrogens (primary N) is 1. The summed E-state index contributed by atoms with van der Waals surface area (Å²) in [6.07, 6.45) is 2.02. The number of nitrogens with zero attached hydrogens (tertiary/aromatic N) is 1. The lowest BCUT2D eigenvalue weighted by molar-refractivity contribution is -0.148. The molecule has 2 aromatic rings. The molecule has 0 unspecified atom stereocenters. The van der Waals surface area contributed by atoms with Crippen LogP contribution in [-0.4, -0.2) is 54.8 Å². The minimum absolute atomic E-state index is 0.0905. The van der Waals surface area contributed by atoms with Crippen molar-refractivity contribution in [2.24, 2.45) is 5.73 Å². The molecule has 0 aromatic heterocycles. The van der Waals surface area contributed by atoms with Gasteiger partial charge in [-0.05, 0) is 43.2 Å². The number of ether oxygens (including phenoxy) is 1. The summed E-state index contributed by atoms with van der Waals surface area (Å²) in [6, 6.07) is 12.0. The van der Waals surface area contributed by atoms with Crippen molar-refractivity contribution < 1.29 is 24.2 Å². The van der Waals surface area contributed by atoms with Gasteiger partial charge in [0.15, 0.2) is 0 Å². The molecule has 9 heteroatoms. The van der Waals surface area contributed by atoms with Crippen molar-refractivity contribution in [2.45, 2.75) is 19.3 Å². The number of carbonyl (C=O) groups excluding carboxylic acids is 2. The summed E-state index contributed by atoms with van der Waals surface area (Å²) in [7, 11) is 0. The maximum atomic E-state index is 12.4. The third-order valence-corrected chi connectivity index (χ3v) is 5.21. The van der Waals surface area contributed by atoms with Crippen LogP contribution in [0.15, 0.2) is 42.5 Å². The number of rotatable bonds is 10. The minimum Gasteiger partial charge on any atom is -0.491 e. The van der Waals surface area contributed by atoms with Crippen LogP contribution in [0.5, 0.6) is 5.75 Å². The van der Waals surface area contributed by atoms with Crippen LogP contribution >= 0.6 is 0 Å². The first-order valence-electron chi connectivity index (χ1n) is 10.3. The van der Waals surface area contributed by atoms with Gasteiger partial charge in [0.25, 0.3) is 5.91 Å². The number of aliphatic carboxylic acids is 1. The van der Waals surface area contributed by atoms with Crippen molar-refractivity contribution in [2.75, 3.05) is 31.1 Å². The van der Waals surface area contributed by atoms with E-state index in [0.29, 0.717) is 16.7 Å². The minimum atomic E-state index is -1.53. The standard InChI is InChI=1S/C23H26N4O5/c24-21(25)17-4-3-16(13-19(28)23(30)31)20(14-17)32-12-9-26-22(29)15-5-7-18(8-6-15)27-10-1-2-11-27/h3-8,14H,1-2,9-13H2,(H3,24,25)(H,26,29)(H,30,31). The molecule has 0 bridgehead atoms. The number of amides is 1. The molecule has 1 heterocycles. The Morgan fingerprint density at radius 2 is 1.72 bits per heavy atom. The average Bonchev–Trinajstić information content (AvgIpc) is 3.32. The van der Waals surface area contributed by atoms with E-state index in [4.69, 9.17) is 21.0 Å². The van der Waals surface area contributed by atoms with E-state index in [0.717, 1.165) is 18.8 Å². The SMILES string of the molecule is N=C(N)c1ccc(CC(=O)C(=O)O)c(OCCNC(=O)c2ccc(N3CCCC3)cc2)c1. The van der Waals surface area contributed by atoms with Gasteiger partial charge < -0.3 is 25.8 Å². The Labute approximate surface area is 185 Å². The van der Waals surface area contributed by atoms with Crippen LogP contribution in [-0.2, 0) is 16.0 Å².